The largest absolute Gasteiger partial charge is 0.450 e. The van der Waals surface area contributed by atoms with Crippen molar-refractivity contribution >= 4 is 44.9 Å². The quantitative estimate of drug-likeness (QED) is 0.418. The number of anilines is 2. The number of aromatic nitrogens is 1. The molecule has 0 saturated carbocycles. The number of aryl methyl sites for hydroxylation is 2. The Morgan fingerprint density at radius 2 is 1.82 bits per heavy atom. The molecule has 2 aromatic heterocycles. The second-order valence-corrected chi connectivity index (χ2v) is 9.52. The average Bonchev–Trinajstić information content (AvgIpc) is 3.39. The van der Waals surface area contributed by atoms with Gasteiger partial charge in [0.05, 0.1) is 22.3 Å². The van der Waals surface area contributed by atoms with Gasteiger partial charge in [-0.25, -0.2) is 4.98 Å². The molecule has 1 atom stereocenters. The van der Waals surface area contributed by atoms with Gasteiger partial charge in [-0.3, -0.25) is 19.3 Å². The van der Waals surface area contributed by atoms with E-state index in [1.807, 2.05) is 26.0 Å². The fraction of sp³-hybridized carbons (Fsp3) is 0.154. The van der Waals surface area contributed by atoms with E-state index >= 15 is 0 Å². The molecular weight excluding hydrogens is 450 g/mol. The second kappa shape index (κ2) is 6.98. The molecule has 34 heavy (non-hydrogen) atoms. The summed E-state index contributed by atoms with van der Waals surface area (Å²) in [6, 6.07) is 14.0. The Kier molecular flexibility index (Phi) is 4.22. The Balaban J connectivity index is 1.79. The normalized spacial score (nSPS) is 18.8. The van der Waals surface area contributed by atoms with Crippen molar-refractivity contribution in [2.75, 3.05) is 16.3 Å². The van der Waals surface area contributed by atoms with Crippen LogP contribution in [0.25, 0.3) is 11.0 Å². The SMILES string of the molecule is C=CCN1C(=O)C2(c3ccccc31)c1c(oc3ccccc3c1=O)C(=O)N2c1nc(C)c(C)s1. The Labute approximate surface area is 198 Å². The molecule has 0 fully saturated rings. The summed E-state index contributed by atoms with van der Waals surface area (Å²) in [6.07, 6.45) is 1.62. The van der Waals surface area contributed by atoms with E-state index in [1.54, 1.807) is 47.4 Å². The lowest BCUT2D eigenvalue weighted by atomic mass is 9.84. The van der Waals surface area contributed by atoms with Gasteiger partial charge in [0.15, 0.2) is 16.1 Å². The molecule has 1 unspecified atom stereocenters. The van der Waals surface area contributed by atoms with Gasteiger partial charge in [-0.05, 0) is 32.0 Å². The van der Waals surface area contributed by atoms with E-state index in [1.165, 1.54) is 16.2 Å². The number of hydrogen-bond acceptors (Lipinski definition) is 6. The Bertz CT molecular complexity index is 1600. The number of hydrogen-bond donors (Lipinski definition) is 0. The molecule has 0 bridgehead atoms. The Morgan fingerprint density at radius 1 is 1.09 bits per heavy atom. The van der Waals surface area contributed by atoms with Crippen molar-refractivity contribution in [3.8, 4) is 0 Å². The monoisotopic (exact) mass is 469 g/mol. The van der Waals surface area contributed by atoms with E-state index in [-0.39, 0.29) is 17.9 Å². The van der Waals surface area contributed by atoms with Crippen LogP contribution in [-0.2, 0) is 10.3 Å². The van der Waals surface area contributed by atoms with Crippen LogP contribution in [0.3, 0.4) is 0 Å². The lowest BCUT2D eigenvalue weighted by molar-refractivity contribution is -0.121. The summed E-state index contributed by atoms with van der Waals surface area (Å²) in [6.45, 7) is 7.77. The average molecular weight is 470 g/mol. The molecule has 0 aliphatic carbocycles. The first-order valence-electron chi connectivity index (χ1n) is 10.8. The van der Waals surface area contributed by atoms with Gasteiger partial charge in [0.25, 0.3) is 11.8 Å². The summed E-state index contributed by atoms with van der Waals surface area (Å²) in [5, 5.41) is 0.660. The number of nitrogens with zero attached hydrogens (tertiary/aromatic N) is 3. The molecule has 2 amide bonds. The predicted octanol–water partition coefficient (Wildman–Crippen LogP) is 4.30. The first kappa shape index (κ1) is 20.6. The molecule has 0 radical (unpaired) electrons. The molecular formula is C26H19N3O4S. The van der Waals surface area contributed by atoms with Gasteiger partial charge in [-0.1, -0.05) is 36.4 Å². The van der Waals surface area contributed by atoms with Crippen LogP contribution in [0.5, 0.6) is 0 Å². The molecule has 2 aliphatic heterocycles. The van der Waals surface area contributed by atoms with Gasteiger partial charge in [-0.15, -0.1) is 17.9 Å². The van der Waals surface area contributed by atoms with Gasteiger partial charge in [0.1, 0.15) is 5.58 Å². The highest BCUT2D eigenvalue weighted by atomic mass is 32.1. The molecule has 6 rings (SSSR count). The molecule has 0 N–H and O–H groups in total. The summed E-state index contributed by atoms with van der Waals surface area (Å²) in [4.78, 5) is 50.7. The minimum atomic E-state index is -1.71. The summed E-state index contributed by atoms with van der Waals surface area (Å²) in [7, 11) is 0. The van der Waals surface area contributed by atoms with Crippen molar-refractivity contribution in [1.82, 2.24) is 4.98 Å². The molecule has 1 spiro atoms. The molecule has 8 heteroatoms. The number of para-hydroxylation sites is 2. The van der Waals surface area contributed by atoms with Crippen LogP contribution >= 0.6 is 11.3 Å². The third kappa shape index (κ3) is 2.35. The molecule has 2 aromatic carbocycles. The molecule has 4 aromatic rings. The smallest absolute Gasteiger partial charge is 0.297 e. The molecule has 168 valence electrons. The molecule has 0 saturated heterocycles. The van der Waals surface area contributed by atoms with E-state index in [0.717, 1.165) is 10.6 Å². The first-order chi connectivity index (χ1) is 16.4. The van der Waals surface area contributed by atoms with Gasteiger partial charge in [0, 0.05) is 17.0 Å². The lowest BCUT2D eigenvalue weighted by Gasteiger charge is -2.32. The van der Waals surface area contributed by atoms with Gasteiger partial charge in [0.2, 0.25) is 5.76 Å². The fourth-order valence-corrected chi connectivity index (χ4v) is 5.93. The maximum absolute atomic E-state index is 14.3. The zero-order valence-electron chi connectivity index (χ0n) is 18.5. The zero-order chi connectivity index (χ0) is 23.8. The Hall–Kier alpha value is -4.04. The number of amides is 2. The van der Waals surface area contributed by atoms with Gasteiger partial charge >= 0.3 is 0 Å². The topological polar surface area (TPSA) is 83.7 Å². The van der Waals surface area contributed by atoms with Crippen LogP contribution in [0.15, 0.2) is 70.4 Å². The zero-order valence-corrected chi connectivity index (χ0v) is 19.3. The van der Waals surface area contributed by atoms with Crippen LogP contribution in [0, 0.1) is 13.8 Å². The third-order valence-corrected chi connectivity index (χ3v) is 7.61. The number of thiazole rings is 1. The highest BCUT2D eigenvalue weighted by Crippen LogP contribution is 2.54. The van der Waals surface area contributed by atoms with Crippen LogP contribution in [-0.4, -0.2) is 23.3 Å². The summed E-state index contributed by atoms with van der Waals surface area (Å²) < 4.78 is 6.03. The van der Waals surface area contributed by atoms with Gasteiger partial charge < -0.3 is 9.32 Å². The lowest BCUT2D eigenvalue weighted by Crippen LogP contribution is -2.53. The van der Waals surface area contributed by atoms with Crippen molar-refractivity contribution in [2.45, 2.75) is 19.4 Å². The van der Waals surface area contributed by atoms with Crippen LogP contribution in [0.4, 0.5) is 10.8 Å². The minimum Gasteiger partial charge on any atom is -0.450 e. The number of benzene rings is 2. The minimum absolute atomic E-state index is 0.0331. The van der Waals surface area contributed by atoms with Crippen molar-refractivity contribution < 1.29 is 14.0 Å². The first-order valence-corrected chi connectivity index (χ1v) is 11.6. The van der Waals surface area contributed by atoms with E-state index in [0.29, 0.717) is 27.4 Å². The number of carbonyl (C=O) groups excluding carboxylic acids is 2. The van der Waals surface area contributed by atoms with E-state index in [9.17, 15) is 14.4 Å². The predicted molar refractivity (Wildman–Crippen MR) is 131 cm³/mol. The molecule has 2 aliphatic rings. The van der Waals surface area contributed by atoms with Crippen molar-refractivity contribution in [3.05, 3.63) is 98.9 Å². The Morgan fingerprint density at radius 3 is 2.56 bits per heavy atom. The maximum atomic E-state index is 14.3. The summed E-state index contributed by atoms with van der Waals surface area (Å²) >= 11 is 1.31. The van der Waals surface area contributed by atoms with E-state index in [2.05, 4.69) is 11.6 Å². The van der Waals surface area contributed by atoms with Crippen molar-refractivity contribution in [1.29, 1.82) is 0 Å². The second-order valence-electron chi connectivity index (χ2n) is 8.34. The fourth-order valence-electron chi connectivity index (χ4n) is 4.97. The highest BCUT2D eigenvalue weighted by Gasteiger charge is 2.66. The van der Waals surface area contributed by atoms with E-state index < -0.39 is 22.8 Å². The van der Waals surface area contributed by atoms with E-state index in [4.69, 9.17) is 4.42 Å². The number of rotatable bonds is 3. The maximum Gasteiger partial charge on any atom is 0.297 e. The van der Waals surface area contributed by atoms with Crippen molar-refractivity contribution in [3.63, 3.8) is 0 Å². The highest BCUT2D eigenvalue weighted by molar-refractivity contribution is 7.16. The third-order valence-electron chi connectivity index (χ3n) is 6.55. The molecule has 7 nitrogen and oxygen atoms in total. The van der Waals surface area contributed by atoms with Gasteiger partial charge in [-0.2, -0.15) is 0 Å². The summed E-state index contributed by atoms with van der Waals surface area (Å²) in [5.41, 5.74) is 0.132. The van der Waals surface area contributed by atoms with Crippen LogP contribution in [0.1, 0.15) is 32.3 Å². The standard InChI is InChI=1S/C26H19N3O4S/c1-4-13-28-18-11-7-6-10-17(18)26(24(28)32)20-21(30)16-9-5-8-12-19(16)33-22(20)23(31)29(26)25-27-14(2)15(3)34-25/h4-12H,1,13H2,2-3H3. The number of fused-ring (bicyclic) bond motifs is 5. The van der Waals surface area contributed by atoms with Crippen LogP contribution < -0.4 is 15.2 Å². The summed E-state index contributed by atoms with van der Waals surface area (Å²) in [5.74, 6) is -1.10. The van der Waals surface area contributed by atoms with Crippen molar-refractivity contribution in [2.24, 2.45) is 0 Å². The molecule has 4 heterocycles. The van der Waals surface area contributed by atoms with Crippen LogP contribution in [0.2, 0.25) is 0 Å². The number of carbonyl (C=O) groups is 2.